The number of thiophene rings is 1. The van der Waals surface area contributed by atoms with Crippen molar-refractivity contribution in [2.75, 3.05) is 12.4 Å². The van der Waals surface area contributed by atoms with Crippen LogP contribution in [-0.4, -0.2) is 24.0 Å². The van der Waals surface area contributed by atoms with Crippen molar-refractivity contribution >= 4 is 39.7 Å². The van der Waals surface area contributed by atoms with Crippen LogP contribution in [0, 0.1) is 6.92 Å². The molecule has 5 nitrogen and oxygen atoms in total. The van der Waals surface area contributed by atoms with E-state index in [1.165, 1.54) is 18.4 Å². The van der Waals surface area contributed by atoms with Crippen LogP contribution in [-0.2, 0) is 27.2 Å². The van der Waals surface area contributed by atoms with E-state index >= 15 is 0 Å². The Hall–Kier alpha value is -1.73. The average Bonchev–Trinajstić information content (AvgIpc) is 3.00. The van der Waals surface area contributed by atoms with Gasteiger partial charge in [0.1, 0.15) is 0 Å². The Morgan fingerprint density at radius 2 is 2.20 bits per heavy atom. The van der Waals surface area contributed by atoms with E-state index in [-0.39, 0.29) is 18.3 Å². The van der Waals surface area contributed by atoms with E-state index in [0.29, 0.717) is 11.6 Å². The van der Waals surface area contributed by atoms with Crippen LogP contribution in [0.2, 0.25) is 0 Å². The minimum atomic E-state index is -0.312. The maximum Gasteiger partial charge on any atom is 0.310 e. The number of aryl methyl sites for hydroxylation is 1. The summed E-state index contributed by atoms with van der Waals surface area (Å²) in [4.78, 5) is 29.2. The average molecular weight is 310 g/mol. The zero-order chi connectivity index (χ0) is 14.5. The number of carbonyl (C=O) groups excluding carboxylic acids is 2. The van der Waals surface area contributed by atoms with E-state index < -0.39 is 0 Å². The van der Waals surface area contributed by atoms with Crippen molar-refractivity contribution in [1.29, 1.82) is 0 Å². The number of nitrogens with one attached hydrogen (secondary N) is 1. The smallest absolute Gasteiger partial charge is 0.310 e. The van der Waals surface area contributed by atoms with E-state index in [9.17, 15) is 9.59 Å². The van der Waals surface area contributed by atoms with Crippen molar-refractivity contribution in [3.8, 4) is 0 Å². The number of aromatic nitrogens is 1. The number of nitrogens with zero attached hydrogens (tertiary/aromatic N) is 1. The number of carbonyl (C=O) groups is 2. The van der Waals surface area contributed by atoms with Crippen LogP contribution in [0.3, 0.4) is 0 Å². The Bertz CT molecular complexity index is 605. The second-order valence-corrected chi connectivity index (χ2v) is 6.20. The van der Waals surface area contributed by atoms with Gasteiger partial charge in [-0.25, -0.2) is 4.98 Å². The number of hydrogen-bond donors (Lipinski definition) is 1. The molecule has 106 valence electrons. The lowest BCUT2D eigenvalue weighted by molar-refractivity contribution is -0.139. The first kappa shape index (κ1) is 14.7. The molecule has 0 unspecified atom stereocenters. The summed E-state index contributed by atoms with van der Waals surface area (Å²) in [6.07, 6.45) is 0.517. The van der Waals surface area contributed by atoms with Crippen molar-refractivity contribution in [2.24, 2.45) is 0 Å². The van der Waals surface area contributed by atoms with Crippen LogP contribution in [0.15, 0.2) is 17.5 Å². The third-order valence-corrected chi connectivity index (χ3v) is 4.54. The lowest BCUT2D eigenvalue weighted by Gasteiger charge is -1.99. The van der Waals surface area contributed by atoms with Crippen LogP contribution in [0.1, 0.15) is 15.4 Å². The monoisotopic (exact) mass is 310 g/mol. The fraction of sp³-hybridized carbons (Fsp3) is 0.308. The molecule has 0 fully saturated rings. The predicted molar refractivity (Wildman–Crippen MR) is 79.2 cm³/mol. The molecule has 0 atom stereocenters. The van der Waals surface area contributed by atoms with Gasteiger partial charge in [-0.1, -0.05) is 6.07 Å². The third-order valence-electron chi connectivity index (χ3n) is 2.59. The molecule has 2 aromatic rings. The van der Waals surface area contributed by atoms with Crippen molar-refractivity contribution in [3.05, 3.63) is 33.0 Å². The first-order chi connectivity index (χ1) is 9.58. The molecule has 0 aromatic carbocycles. The van der Waals surface area contributed by atoms with Gasteiger partial charge in [-0.3, -0.25) is 9.59 Å². The first-order valence-corrected chi connectivity index (χ1v) is 7.63. The second-order valence-electron chi connectivity index (χ2n) is 4.08. The van der Waals surface area contributed by atoms with Gasteiger partial charge in [-0.05, 0) is 18.4 Å². The molecule has 1 amide bonds. The highest BCUT2D eigenvalue weighted by atomic mass is 32.1. The van der Waals surface area contributed by atoms with Crippen LogP contribution in [0.25, 0.3) is 0 Å². The maximum atomic E-state index is 11.8. The Balaban J connectivity index is 1.97. The number of rotatable bonds is 5. The predicted octanol–water partition coefficient (Wildman–Crippen LogP) is 2.41. The van der Waals surface area contributed by atoms with E-state index in [1.54, 1.807) is 11.3 Å². The number of methoxy groups -OCH3 is 1. The van der Waals surface area contributed by atoms with Crippen LogP contribution >= 0.6 is 22.7 Å². The molecule has 0 saturated carbocycles. The highest BCUT2D eigenvalue weighted by Gasteiger charge is 2.14. The number of esters is 1. The van der Waals surface area contributed by atoms with Crippen LogP contribution < -0.4 is 5.32 Å². The molecule has 0 spiro atoms. The molecule has 0 aliphatic rings. The first-order valence-electron chi connectivity index (χ1n) is 5.94. The molecule has 2 rings (SSSR count). The zero-order valence-corrected chi connectivity index (χ0v) is 12.8. The lowest BCUT2D eigenvalue weighted by atomic mass is 10.3. The highest BCUT2D eigenvalue weighted by molar-refractivity contribution is 7.16. The summed E-state index contributed by atoms with van der Waals surface area (Å²) in [6, 6.07) is 3.83. The number of amides is 1. The minimum absolute atomic E-state index is 0.106. The fourth-order valence-electron chi connectivity index (χ4n) is 1.58. The van der Waals surface area contributed by atoms with Crippen LogP contribution in [0.5, 0.6) is 0 Å². The molecule has 2 aromatic heterocycles. The topological polar surface area (TPSA) is 68.3 Å². The van der Waals surface area contributed by atoms with Gasteiger partial charge >= 0.3 is 5.97 Å². The summed E-state index contributed by atoms with van der Waals surface area (Å²) in [5.41, 5.74) is 0.742. The summed E-state index contributed by atoms with van der Waals surface area (Å²) in [7, 11) is 1.35. The largest absolute Gasteiger partial charge is 0.469 e. The summed E-state index contributed by atoms with van der Waals surface area (Å²) in [6.45, 7) is 1.81. The van der Waals surface area contributed by atoms with Gasteiger partial charge in [0, 0.05) is 9.75 Å². The van der Waals surface area contributed by atoms with Gasteiger partial charge in [0.15, 0.2) is 5.13 Å². The van der Waals surface area contributed by atoms with Crippen molar-refractivity contribution in [3.63, 3.8) is 0 Å². The highest BCUT2D eigenvalue weighted by Crippen LogP contribution is 2.23. The van der Waals surface area contributed by atoms with Crippen molar-refractivity contribution in [2.45, 2.75) is 19.8 Å². The number of hydrogen-bond acceptors (Lipinski definition) is 6. The standard InChI is InChI=1S/C13H14N2O3S2/c1-8-10(7-12(17)18-2)20-13(14-8)15-11(16)6-9-4-3-5-19-9/h3-5H,6-7H2,1-2H3,(H,14,15,16). The minimum Gasteiger partial charge on any atom is -0.469 e. The van der Waals surface area contributed by atoms with Gasteiger partial charge in [0.2, 0.25) is 5.91 Å². The molecule has 7 heteroatoms. The van der Waals surface area contributed by atoms with Gasteiger partial charge < -0.3 is 10.1 Å². The number of anilines is 1. The Kier molecular flexibility index (Phi) is 4.86. The van der Waals surface area contributed by atoms with Crippen molar-refractivity contribution < 1.29 is 14.3 Å². The molecular formula is C13H14N2O3S2. The molecule has 0 aliphatic heterocycles. The van der Waals surface area contributed by atoms with Gasteiger partial charge in [-0.2, -0.15) is 0 Å². The normalized spacial score (nSPS) is 10.3. The SMILES string of the molecule is COC(=O)Cc1sc(NC(=O)Cc2cccs2)nc1C. The Morgan fingerprint density at radius 1 is 1.40 bits per heavy atom. The van der Waals surface area contributed by atoms with Gasteiger partial charge in [0.05, 0.1) is 25.6 Å². The molecule has 0 radical (unpaired) electrons. The Labute approximate surface area is 124 Å². The second kappa shape index (κ2) is 6.62. The maximum absolute atomic E-state index is 11.8. The van der Waals surface area contributed by atoms with E-state index in [4.69, 9.17) is 0 Å². The van der Waals surface area contributed by atoms with E-state index in [1.807, 2.05) is 24.4 Å². The zero-order valence-electron chi connectivity index (χ0n) is 11.1. The fourth-order valence-corrected chi connectivity index (χ4v) is 3.25. The molecule has 1 N–H and O–H groups in total. The number of thiazole rings is 1. The Morgan fingerprint density at radius 3 is 2.85 bits per heavy atom. The summed E-state index contributed by atoms with van der Waals surface area (Å²) in [5.74, 6) is -0.418. The summed E-state index contributed by atoms with van der Waals surface area (Å²) < 4.78 is 4.62. The third kappa shape index (κ3) is 3.88. The summed E-state index contributed by atoms with van der Waals surface area (Å²) in [5, 5.41) is 5.21. The van der Waals surface area contributed by atoms with E-state index in [0.717, 1.165) is 15.4 Å². The molecule has 0 bridgehead atoms. The van der Waals surface area contributed by atoms with Crippen molar-refractivity contribution in [1.82, 2.24) is 4.98 Å². The number of ether oxygens (including phenoxy) is 1. The molecule has 0 aliphatic carbocycles. The van der Waals surface area contributed by atoms with E-state index in [2.05, 4.69) is 15.0 Å². The molecule has 2 heterocycles. The lowest BCUT2D eigenvalue weighted by Crippen LogP contribution is -2.13. The summed E-state index contributed by atoms with van der Waals surface area (Å²) >= 11 is 2.85. The molecule has 20 heavy (non-hydrogen) atoms. The van der Waals surface area contributed by atoms with Gasteiger partial charge in [0.25, 0.3) is 0 Å². The van der Waals surface area contributed by atoms with Gasteiger partial charge in [-0.15, -0.1) is 22.7 Å². The molecular weight excluding hydrogens is 296 g/mol. The molecule has 0 saturated heterocycles. The van der Waals surface area contributed by atoms with Crippen LogP contribution in [0.4, 0.5) is 5.13 Å². The quantitative estimate of drug-likeness (QED) is 0.861.